The van der Waals surface area contributed by atoms with E-state index in [2.05, 4.69) is 4.98 Å². The highest BCUT2D eigenvalue weighted by Gasteiger charge is 2.45. The van der Waals surface area contributed by atoms with Crippen molar-refractivity contribution in [1.82, 2.24) is 9.88 Å². The zero-order valence-electron chi connectivity index (χ0n) is 16.3. The maximum Gasteiger partial charge on any atom is 0.295 e. The minimum absolute atomic E-state index is 0.0510. The van der Waals surface area contributed by atoms with Gasteiger partial charge in [-0.05, 0) is 56.2 Å². The van der Waals surface area contributed by atoms with Crippen molar-refractivity contribution in [3.05, 3.63) is 70.5 Å². The van der Waals surface area contributed by atoms with Crippen LogP contribution in [0.25, 0.3) is 5.76 Å². The molecule has 0 spiro atoms. The lowest BCUT2D eigenvalue weighted by molar-refractivity contribution is -0.140. The van der Waals surface area contributed by atoms with Crippen LogP contribution in [0.5, 0.6) is 0 Å². The fourth-order valence-electron chi connectivity index (χ4n) is 3.31. The van der Waals surface area contributed by atoms with E-state index in [1.165, 1.54) is 4.90 Å². The van der Waals surface area contributed by atoms with Gasteiger partial charge in [-0.2, -0.15) is 0 Å². The van der Waals surface area contributed by atoms with Gasteiger partial charge in [0.15, 0.2) is 0 Å². The Labute approximate surface area is 174 Å². The molecule has 0 aliphatic carbocycles. The number of aliphatic hydroxyl groups is 1. The summed E-state index contributed by atoms with van der Waals surface area (Å²) in [4.78, 5) is 31.2. The van der Waals surface area contributed by atoms with Gasteiger partial charge in [0.1, 0.15) is 5.76 Å². The van der Waals surface area contributed by atoms with Crippen molar-refractivity contribution in [1.29, 1.82) is 0 Å². The van der Waals surface area contributed by atoms with Gasteiger partial charge in [0.2, 0.25) is 0 Å². The summed E-state index contributed by atoms with van der Waals surface area (Å²) in [7, 11) is 0. The van der Waals surface area contributed by atoms with Gasteiger partial charge in [-0.15, -0.1) is 0 Å². The van der Waals surface area contributed by atoms with E-state index in [0.717, 1.165) is 0 Å². The van der Waals surface area contributed by atoms with Crippen molar-refractivity contribution in [2.75, 3.05) is 13.2 Å². The molecule has 1 aliphatic heterocycles. The zero-order valence-corrected chi connectivity index (χ0v) is 17.1. The van der Waals surface area contributed by atoms with Crippen LogP contribution in [0.2, 0.25) is 5.02 Å². The first kappa shape index (κ1) is 21.0. The third-order valence-electron chi connectivity index (χ3n) is 4.65. The number of nitrogens with zero attached hydrogens (tertiary/aromatic N) is 2. The van der Waals surface area contributed by atoms with Crippen molar-refractivity contribution in [3.63, 3.8) is 0 Å². The van der Waals surface area contributed by atoms with Gasteiger partial charge in [-0.25, -0.2) is 0 Å². The number of carbonyl (C=O) groups excluding carboxylic acids is 2. The number of benzene rings is 1. The molecule has 0 radical (unpaired) electrons. The summed E-state index contributed by atoms with van der Waals surface area (Å²) in [5, 5.41) is 11.4. The van der Waals surface area contributed by atoms with E-state index in [4.69, 9.17) is 16.3 Å². The van der Waals surface area contributed by atoms with E-state index in [9.17, 15) is 14.7 Å². The molecule has 6 nitrogen and oxygen atoms in total. The largest absolute Gasteiger partial charge is 0.507 e. The van der Waals surface area contributed by atoms with Gasteiger partial charge in [-0.1, -0.05) is 17.7 Å². The maximum absolute atomic E-state index is 12.8. The first-order valence-corrected chi connectivity index (χ1v) is 9.84. The van der Waals surface area contributed by atoms with E-state index < -0.39 is 17.7 Å². The van der Waals surface area contributed by atoms with Crippen LogP contribution in [-0.2, 0) is 14.3 Å². The van der Waals surface area contributed by atoms with Crippen LogP contribution >= 0.6 is 11.6 Å². The van der Waals surface area contributed by atoms with Crippen LogP contribution in [0.4, 0.5) is 0 Å². The number of aliphatic hydroxyl groups excluding tert-OH is 1. The first-order chi connectivity index (χ1) is 13.9. The molecule has 3 rings (SSSR count). The SMILES string of the molecule is CC(C)OCCCN1C(=O)C(=O)/C(=C(\O)c2ccc(Cl)cc2)C1c1cccnc1. The smallest absolute Gasteiger partial charge is 0.295 e. The third-order valence-corrected chi connectivity index (χ3v) is 4.90. The highest BCUT2D eigenvalue weighted by atomic mass is 35.5. The normalized spacial score (nSPS) is 18.6. The average Bonchev–Trinajstić information content (AvgIpc) is 2.96. The van der Waals surface area contributed by atoms with E-state index in [0.29, 0.717) is 35.7 Å². The minimum Gasteiger partial charge on any atom is -0.507 e. The Morgan fingerprint density at radius 1 is 1.24 bits per heavy atom. The minimum atomic E-state index is -0.712. The van der Waals surface area contributed by atoms with E-state index in [1.54, 1.807) is 48.8 Å². The molecule has 2 heterocycles. The lowest BCUT2D eigenvalue weighted by Crippen LogP contribution is -2.31. The van der Waals surface area contributed by atoms with Gasteiger partial charge in [0, 0.05) is 36.1 Å². The van der Waals surface area contributed by atoms with Crippen molar-refractivity contribution in [2.24, 2.45) is 0 Å². The predicted octanol–water partition coefficient (Wildman–Crippen LogP) is 3.97. The molecule has 152 valence electrons. The van der Waals surface area contributed by atoms with E-state index in [-0.39, 0.29) is 17.4 Å². The molecule has 1 fully saturated rings. The molecular formula is C22H23ClN2O4. The lowest BCUT2D eigenvalue weighted by atomic mass is 9.96. The Kier molecular flexibility index (Phi) is 6.67. The second-order valence-electron chi connectivity index (χ2n) is 7.06. The number of ketones is 1. The molecule has 1 aliphatic rings. The fraction of sp³-hybridized carbons (Fsp3) is 0.318. The zero-order chi connectivity index (χ0) is 21.0. The van der Waals surface area contributed by atoms with E-state index >= 15 is 0 Å². The van der Waals surface area contributed by atoms with Crippen molar-refractivity contribution in [2.45, 2.75) is 32.4 Å². The molecule has 29 heavy (non-hydrogen) atoms. The van der Waals surface area contributed by atoms with Crippen LogP contribution in [0, 0.1) is 0 Å². The number of Topliss-reactive ketones (excluding diaryl/α,β-unsaturated/α-hetero) is 1. The van der Waals surface area contributed by atoms with Gasteiger partial charge in [-0.3, -0.25) is 14.6 Å². The van der Waals surface area contributed by atoms with Crippen LogP contribution in [0.1, 0.15) is 37.4 Å². The second-order valence-corrected chi connectivity index (χ2v) is 7.50. The number of halogens is 1. The number of carbonyl (C=O) groups is 2. The van der Waals surface area contributed by atoms with Gasteiger partial charge in [0.05, 0.1) is 17.7 Å². The molecule has 1 atom stereocenters. The van der Waals surface area contributed by atoms with E-state index in [1.807, 2.05) is 13.8 Å². The van der Waals surface area contributed by atoms with Gasteiger partial charge < -0.3 is 14.7 Å². The Hall–Kier alpha value is -2.70. The lowest BCUT2D eigenvalue weighted by Gasteiger charge is -2.25. The summed E-state index contributed by atoms with van der Waals surface area (Å²) in [5.41, 5.74) is 1.13. The molecule has 1 aromatic heterocycles. The number of ether oxygens (including phenoxy) is 1. The Balaban J connectivity index is 1.99. The molecule has 1 aromatic carbocycles. The Morgan fingerprint density at radius 2 is 1.97 bits per heavy atom. The van der Waals surface area contributed by atoms with Crippen LogP contribution in [0.3, 0.4) is 0 Å². The van der Waals surface area contributed by atoms with Gasteiger partial charge >= 0.3 is 0 Å². The highest BCUT2D eigenvalue weighted by Crippen LogP contribution is 2.39. The number of hydrogen-bond acceptors (Lipinski definition) is 5. The molecule has 1 N–H and O–H groups in total. The standard InChI is InChI=1S/C22H23ClN2O4/c1-14(2)29-12-4-11-25-19(16-5-3-10-24-13-16)18(21(27)22(25)28)20(26)15-6-8-17(23)9-7-15/h3,5-10,13-14,19,26H,4,11-12H2,1-2H3/b20-18-. The highest BCUT2D eigenvalue weighted by molar-refractivity contribution is 6.46. The Morgan fingerprint density at radius 3 is 2.59 bits per heavy atom. The summed E-state index contributed by atoms with van der Waals surface area (Å²) in [6, 6.07) is 9.28. The van der Waals surface area contributed by atoms with Crippen LogP contribution in [0.15, 0.2) is 54.4 Å². The summed E-state index contributed by atoms with van der Waals surface area (Å²) >= 11 is 5.92. The number of pyridine rings is 1. The van der Waals surface area contributed by atoms with Crippen LogP contribution < -0.4 is 0 Å². The fourth-order valence-corrected chi connectivity index (χ4v) is 3.44. The predicted molar refractivity (Wildman–Crippen MR) is 110 cm³/mol. The number of amides is 1. The number of aromatic nitrogens is 1. The molecular weight excluding hydrogens is 392 g/mol. The number of rotatable bonds is 7. The maximum atomic E-state index is 12.8. The monoisotopic (exact) mass is 414 g/mol. The topological polar surface area (TPSA) is 79.7 Å². The summed E-state index contributed by atoms with van der Waals surface area (Å²) in [6.07, 6.45) is 3.88. The number of hydrogen-bond donors (Lipinski definition) is 1. The van der Waals surface area contributed by atoms with Crippen molar-refractivity contribution >= 4 is 29.1 Å². The summed E-state index contributed by atoms with van der Waals surface area (Å²) in [5.74, 6) is -1.58. The second kappa shape index (κ2) is 9.20. The average molecular weight is 415 g/mol. The summed E-state index contributed by atoms with van der Waals surface area (Å²) < 4.78 is 5.55. The molecule has 2 aromatic rings. The van der Waals surface area contributed by atoms with Gasteiger partial charge in [0.25, 0.3) is 11.7 Å². The quantitative estimate of drug-likeness (QED) is 0.321. The number of likely N-dealkylation sites (tertiary alicyclic amines) is 1. The molecule has 1 unspecified atom stereocenters. The van der Waals surface area contributed by atoms with Crippen molar-refractivity contribution in [3.8, 4) is 0 Å². The third kappa shape index (κ3) is 4.66. The molecule has 1 saturated heterocycles. The summed E-state index contributed by atoms with van der Waals surface area (Å²) in [6.45, 7) is 4.67. The van der Waals surface area contributed by atoms with Crippen LogP contribution in [-0.4, -0.2) is 45.9 Å². The Bertz CT molecular complexity index is 910. The molecule has 0 bridgehead atoms. The molecule has 7 heteroatoms. The first-order valence-electron chi connectivity index (χ1n) is 9.46. The van der Waals surface area contributed by atoms with Crippen molar-refractivity contribution < 1.29 is 19.4 Å². The molecule has 1 amide bonds. The molecule has 0 saturated carbocycles.